The summed E-state index contributed by atoms with van der Waals surface area (Å²) in [4.78, 5) is 0.268. The van der Waals surface area contributed by atoms with Gasteiger partial charge in [0, 0.05) is 0 Å². The molecule has 3 rings (SSSR count). The Labute approximate surface area is 124 Å². The molecule has 1 heterocycles. The highest BCUT2D eigenvalue weighted by molar-refractivity contribution is 7.92. The lowest BCUT2D eigenvalue weighted by Gasteiger charge is -2.03. The van der Waals surface area contributed by atoms with Crippen LogP contribution in [0, 0.1) is 6.92 Å². The minimum Gasteiger partial charge on any atom is -0.344 e. The first kappa shape index (κ1) is 14.3. The van der Waals surface area contributed by atoms with Crippen LogP contribution in [0.2, 0.25) is 0 Å². The molecule has 0 aromatic heterocycles. The molecule has 1 fully saturated rings. The molecule has 21 heavy (non-hydrogen) atoms. The first-order valence-corrected chi connectivity index (χ1v) is 8.23. The van der Waals surface area contributed by atoms with Gasteiger partial charge in [-0.05, 0) is 24.6 Å². The number of epoxide rings is 1. The Morgan fingerprint density at radius 1 is 1.05 bits per heavy atom. The molecule has 0 aliphatic carbocycles. The van der Waals surface area contributed by atoms with Crippen LogP contribution < -0.4 is 0 Å². The van der Waals surface area contributed by atoms with Gasteiger partial charge in [-0.3, -0.25) is 0 Å². The lowest BCUT2D eigenvalue weighted by Crippen LogP contribution is -2.13. The van der Waals surface area contributed by atoms with Crippen molar-refractivity contribution in [2.45, 2.75) is 30.2 Å². The molecule has 0 amide bonds. The van der Waals surface area contributed by atoms with Crippen LogP contribution in [0.1, 0.15) is 11.1 Å². The summed E-state index contributed by atoms with van der Waals surface area (Å²) < 4.78 is 35.3. The maximum atomic E-state index is 12.3. The number of benzene rings is 2. The fraction of sp³-hybridized carbons (Fsp3) is 0.250. The first-order valence-electron chi connectivity index (χ1n) is 6.69. The van der Waals surface area contributed by atoms with Crippen molar-refractivity contribution < 1.29 is 17.9 Å². The van der Waals surface area contributed by atoms with Crippen molar-refractivity contribution in [3.63, 3.8) is 0 Å². The number of hydrogen-bond donors (Lipinski definition) is 0. The van der Waals surface area contributed by atoms with Crippen LogP contribution in [-0.2, 0) is 25.9 Å². The van der Waals surface area contributed by atoms with Gasteiger partial charge in [-0.1, -0.05) is 48.0 Å². The summed E-state index contributed by atoms with van der Waals surface area (Å²) in [6, 6.07) is 16.3. The quantitative estimate of drug-likeness (QED) is 0.797. The molecule has 0 unspecified atom stereocenters. The van der Waals surface area contributed by atoms with E-state index in [4.69, 9.17) is 9.47 Å². The SMILES string of the molecule is Cc1ccc(S(=O)(=O)[C@@H]2O[C@@H]2OCc2ccccc2)cc1. The smallest absolute Gasteiger partial charge is 0.216 e. The van der Waals surface area contributed by atoms with Gasteiger partial charge in [0.15, 0.2) is 0 Å². The van der Waals surface area contributed by atoms with Crippen molar-refractivity contribution in [3.05, 3.63) is 65.7 Å². The number of aryl methyl sites for hydroxylation is 1. The highest BCUT2D eigenvalue weighted by Crippen LogP contribution is 2.34. The summed E-state index contributed by atoms with van der Waals surface area (Å²) in [6.45, 7) is 2.25. The second-order valence-corrected chi connectivity index (χ2v) is 7.05. The molecule has 0 bridgehead atoms. The molecule has 2 atom stereocenters. The Balaban J connectivity index is 1.63. The van der Waals surface area contributed by atoms with Gasteiger partial charge in [-0.25, -0.2) is 8.42 Å². The molecular formula is C16H16O4S. The second-order valence-electron chi connectivity index (χ2n) is 5.03. The van der Waals surface area contributed by atoms with Gasteiger partial charge >= 0.3 is 0 Å². The van der Waals surface area contributed by atoms with E-state index in [2.05, 4.69) is 0 Å². The fourth-order valence-electron chi connectivity index (χ4n) is 2.04. The number of hydrogen-bond acceptors (Lipinski definition) is 4. The Bertz CT molecular complexity index is 708. The number of rotatable bonds is 5. The van der Waals surface area contributed by atoms with Gasteiger partial charge in [-0.2, -0.15) is 0 Å². The van der Waals surface area contributed by atoms with E-state index in [9.17, 15) is 8.42 Å². The molecule has 2 aromatic rings. The molecule has 0 N–H and O–H groups in total. The Hall–Kier alpha value is -1.69. The average Bonchev–Trinajstić information content (AvgIpc) is 3.27. The van der Waals surface area contributed by atoms with Crippen molar-refractivity contribution in [2.75, 3.05) is 0 Å². The summed E-state index contributed by atoms with van der Waals surface area (Å²) in [5, 5.41) is 0. The Morgan fingerprint density at radius 2 is 1.71 bits per heavy atom. The Morgan fingerprint density at radius 3 is 2.38 bits per heavy atom. The molecule has 4 nitrogen and oxygen atoms in total. The van der Waals surface area contributed by atoms with Crippen LogP contribution in [0.5, 0.6) is 0 Å². The molecular weight excluding hydrogens is 288 g/mol. The molecule has 1 aliphatic rings. The topological polar surface area (TPSA) is 55.9 Å². The molecule has 2 aromatic carbocycles. The molecule has 0 saturated carbocycles. The fourth-order valence-corrected chi connectivity index (χ4v) is 3.45. The van der Waals surface area contributed by atoms with Crippen LogP contribution in [0.15, 0.2) is 59.5 Å². The van der Waals surface area contributed by atoms with E-state index in [0.717, 1.165) is 11.1 Å². The van der Waals surface area contributed by atoms with E-state index < -0.39 is 21.6 Å². The van der Waals surface area contributed by atoms with Gasteiger partial charge in [0.2, 0.25) is 21.6 Å². The third-order valence-corrected chi connectivity index (χ3v) is 5.20. The van der Waals surface area contributed by atoms with E-state index in [1.807, 2.05) is 37.3 Å². The first-order chi connectivity index (χ1) is 10.1. The maximum Gasteiger partial charge on any atom is 0.216 e. The van der Waals surface area contributed by atoms with Crippen molar-refractivity contribution in [3.8, 4) is 0 Å². The average molecular weight is 304 g/mol. The maximum absolute atomic E-state index is 12.3. The number of sulfone groups is 1. The molecule has 0 radical (unpaired) electrons. The second kappa shape index (κ2) is 5.60. The summed E-state index contributed by atoms with van der Waals surface area (Å²) in [5.74, 6) is 0. The predicted molar refractivity (Wildman–Crippen MR) is 78.3 cm³/mol. The number of ether oxygens (including phenoxy) is 2. The lowest BCUT2D eigenvalue weighted by molar-refractivity contribution is 0.0386. The zero-order valence-electron chi connectivity index (χ0n) is 11.6. The zero-order chi connectivity index (χ0) is 14.9. The van der Waals surface area contributed by atoms with E-state index >= 15 is 0 Å². The van der Waals surface area contributed by atoms with Crippen LogP contribution >= 0.6 is 0 Å². The van der Waals surface area contributed by atoms with Crippen molar-refractivity contribution in [1.82, 2.24) is 0 Å². The highest BCUT2D eigenvalue weighted by atomic mass is 32.2. The molecule has 1 saturated heterocycles. The normalized spacial score (nSPS) is 21.2. The van der Waals surface area contributed by atoms with E-state index in [1.54, 1.807) is 24.3 Å². The monoisotopic (exact) mass is 304 g/mol. The molecule has 110 valence electrons. The predicted octanol–water partition coefficient (Wildman–Crippen LogP) is 2.67. The van der Waals surface area contributed by atoms with Crippen LogP contribution in [-0.4, -0.2) is 20.1 Å². The Kier molecular flexibility index (Phi) is 3.80. The zero-order valence-corrected chi connectivity index (χ0v) is 12.4. The van der Waals surface area contributed by atoms with E-state index in [1.165, 1.54) is 0 Å². The van der Waals surface area contributed by atoms with Gasteiger partial charge in [0.1, 0.15) is 0 Å². The molecule has 1 aliphatic heterocycles. The summed E-state index contributed by atoms with van der Waals surface area (Å²) >= 11 is 0. The van der Waals surface area contributed by atoms with Crippen LogP contribution in [0.25, 0.3) is 0 Å². The highest BCUT2D eigenvalue weighted by Gasteiger charge is 2.51. The summed E-state index contributed by atoms with van der Waals surface area (Å²) in [5.41, 5.74) is 1.10. The van der Waals surface area contributed by atoms with Crippen molar-refractivity contribution in [2.24, 2.45) is 0 Å². The third kappa shape index (κ3) is 3.15. The van der Waals surface area contributed by atoms with Gasteiger partial charge in [-0.15, -0.1) is 0 Å². The van der Waals surface area contributed by atoms with Crippen molar-refractivity contribution in [1.29, 1.82) is 0 Å². The van der Waals surface area contributed by atoms with Crippen LogP contribution in [0.3, 0.4) is 0 Å². The van der Waals surface area contributed by atoms with Crippen molar-refractivity contribution >= 4 is 9.84 Å². The van der Waals surface area contributed by atoms with Crippen LogP contribution in [0.4, 0.5) is 0 Å². The van der Waals surface area contributed by atoms with Gasteiger partial charge in [0.25, 0.3) is 0 Å². The minimum atomic E-state index is -3.48. The summed E-state index contributed by atoms with van der Waals surface area (Å²) in [6.07, 6.45) is -0.684. The standard InChI is InChI=1S/C16H16O4S/c1-12-7-9-14(10-8-12)21(17,18)16-15(20-16)19-11-13-5-3-2-4-6-13/h2-10,15-16H,11H2,1H3/t15-,16-/m0/s1. The summed E-state index contributed by atoms with van der Waals surface area (Å²) in [7, 11) is -3.48. The van der Waals surface area contributed by atoms with E-state index in [-0.39, 0.29) is 4.90 Å². The molecule has 5 heteroatoms. The molecule has 0 spiro atoms. The lowest BCUT2D eigenvalue weighted by atomic mass is 10.2. The van der Waals surface area contributed by atoms with E-state index in [0.29, 0.717) is 6.61 Å². The third-order valence-electron chi connectivity index (χ3n) is 3.33. The van der Waals surface area contributed by atoms with Gasteiger partial charge < -0.3 is 9.47 Å². The largest absolute Gasteiger partial charge is 0.344 e. The minimum absolute atomic E-state index is 0.268. The van der Waals surface area contributed by atoms with Gasteiger partial charge in [0.05, 0.1) is 11.5 Å².